The van der Waals surface area contributed by atoms with Gasteiger partial charge in [-0.2, -0.15) is 0 Å². The van der Waals surface area contributed by atoms with Crippen molar-refractivity contribution in [1.29, 1.82) is 0 Å². The fourth-order valence-electron chi connectivity index (χ4n) is 2.54. The summed E-state index contributed by atoms with van der Waals surface area (Å²) in [5.41, 5.74) is -0.401. The monoisotopic (exact) mass is 329 g/mol. The molecule has 130 valence electrons. The summed E-state index contributed by atoms with van der Waals surface area (Å²) in [5, 5.41) is 0. The Morgan fingerprint density at radius 1 is 1.04 bits per heavy atom. The number of benzene rings is 1. The number of nitrogens with zero attached hydrogens (tertiary/aromatic N) is 1. The van der Waals surface area contributed by atoms with Gasteiger partial charge in [-0.25, -0.2) is 13.2 Å². The van der Waals surface area contributed by atoms with Crippen LogP contribution < -0.4 is 0 Å². The van der Waals surface area contributed by atoms with Crippen LogP contribution in [0.5, 0.6) is 0 Å². The molecule has 5 heteroatoms. The van der Waals surface area contributed by atoms with Gasteiger partial charge in [0.25, 0.3) is 5.91 Å². The van der Waals surface area contributed by atoms with Gasteiger partial charge < -0.3 is 4.90 Å². The van der Waals surface area contributed by atoms with E-state index in [-0.39, 0.29) is 6.04 Å². The number of rotatable bonds is 9. The molecule has 0 N–H and O–H groups in total. The Balaban J connectivity index is 2.97. The fraction of sp³-hybridized carbons (Fsp3) is 0.611. The van der Waals surface area contributed by atoms with Gasteiger partial charge in [-0.15, -0.1) is 0 Å². The standard InChI is InChI=1S/C18H26F3NO/c1-4-6-8-9-13(3)22(12-7-5-2)18(23)14-10-11-15(19)17(21)16(14)20/h10-11,13H,4-9,12H2,1-3H3. The molecule has 0 aromatic heterocycles. The zero-order chi connectivity index (χ0) is 17.4. The van der Waals surface area contributed by atoms with Gasteiger partial charge >= 0.3 is 0 Å². The average Bonchev–Trinajstić information content (AvgIpc) is 2.53. The Hall–Kier alpha value is -1.52. The lowest BCUT2D eigenvalue weighted by molar-refractivity contribution is 0.0672. The minimum absolute atomic E-state index is 0.0619. The Bertz CT molecular complexity index is 519. The van der Waals surface area contributed by atoms with Gasteiger partial charge in [-0.1, -0.05) is 39.5 Å². The van der Waals surface area contributed by atoms with Crippen molar-refractivity contribution in [3.8, 4) is 0 Å². The van der Waals surface area contributed by atoms with E-state index in [4.69, 9.17) is 0 Å². The van der Waals surface area contributed by atoms with E-state index in [0.29, 0.717) is 6.54 Å². The lowest BCUT2D eigenvalue weighted by atomic mass is 10.1. The molecule has 1 amide bonds. The Morgan fingerprint density at radius 2 is 1.70 bits per heavy atom. The van der Waals surface area contributed by atoms with Gasteiger partial charge in [-0.3, -0.25) is 4.79 Å². The molecular weight excluding hydrogens is 303 g/mol. The van der Waals surface area contributed by atoms with E-state index >= 15 is 0 Å². The molecule has 1 aromatic carbocycles. The minimum Gasteiger partial charge on any atom is -0.336 e. The molecule has 0 aliphatic heterocycles. The van der Waals surface area contributed by atoms with Crippen molar-refractivity contribution in [1.82, 2.24) is 4.90 Å². The number of unbranched alkanes of at least 4 members (excludes halogenated alkanes) is 3. The van der Waals surface area contributed by atoms with Gasteiger partial charge in [0.1, 0.15) is 0 Å². The number of carbonyl (C=O) groups excluding carboxylic acids is 1. The molecule has 1 unspecified atom stereocenters. The molecule has 1 atom stereocenters. The predicted molar refractivity (Wildman–Crippen MR) is 85.9 cm³/mol. The third-order valence-electron chi connectivity index (χ3n) is 4.04. The molecule has 0 spiro atoms. The van der Waals surface area contributed by atoms with Crippen molar-refractivity contribution in [2.75, 3.05) is 6.54 Å². The quantitative estimate of drug-likeness (QED) is 0.444. The highest BCUT2D eigenvalue weighted by Crippen LogP contribution is 2.20. The topological polar surface area (TPSA) is 20.3 Å². The summed E-state index contributed by atoms with van der Waals surface area (Å²) >= 11 is 0. The second-order valence-corrected chi connectivity index (χ2v) is 5.92. The summed E-state index contributed by atoms with van der Waals surface area (Å²) in [4.78, 5) is 14.2. The van der Waals surface area contributed by atoms with E-state index in [0.717, 1.165) is 50.7 Å². The lowest BCUT2D eigenvalue weighted by Crippen LogP contribution is -2.40. The first kappa shape index (κ1) is 19.5. The van der Waals surface area contributed by atoms with Gasteiger partial charge in [-0.05, 0) is 31.9 Å². The molecule has 0 aliphatic rings. The van der Waals surface area contributed by atoms with E-state index in [1.54, 1.807) is 4.90 Å². The van der Waals surface area contributed by atoms with E-state index < -0.39 is 28.9 Å². The summed E-state index contributed by atoms with van der Waals surface area (Å²) in [6.07, 6.45) is 5.62. The maximum absolute atomic E-state index is 13.9. The molecule has 0 radical (unpaired) electrons. The number of carbonyl (C=O) groups is 1. The fourth-order valence-corrected chi connectivity index (χ4v) is 2.54. The maximum Gasteiger partial charge on any atom is 0.257 e. The van der Waals surface area contributed by atoms with Crippen molar-refractivity contribution in [3.63, 3.8) is 0 Å². The summed E-state index contributed by atoms with van der Waals surface area (Å²) < 4.78 is 40.3. The first-order valence-corrected chi connectivity index (χ1v) is 8.38. The van der Waals surface area contributed by atoms with Crippen LogP contribution in [0.15, 0.2) is 12.1 Å². The molecule has 0 aliphatic carbocycles. The first-order chi connectivity index (χ1) is 10.9. The molecule has 0 saturated carbocycles. The molecule has 0 saturated heterocycles. The molecule has 1 aromatic rings. The molecule has 0 bridgehead atoms. The normalized spacial score (nSPS) is 12.3. The van der Waals surface area contributed by atoms with Crippen LogP contribution in [0.4, 0.5) is 13.2 Å². The van der Waals surface area contributed by atoms with Crippen LogP contribution in [0.25, 0.3) is 0 Å². The Morgan fingerprint density at radius 3 is 2.30 bits per heavy atom. The third-order valence-corrected chi connectivity index (χ3v) is 4.04. The summed E-state index contributed by atoms with van der Waals surface area (Å²) in [6, 6.07) is 1.76. The van der Waals surface area contributed by atoms with Crippen molar-refractivity contribution >= 4 is 5.91 Å². The van der Waals surface area contributed by atoms with Crippen molar-refractivity contribution < 1.29 is 18.0 Å². The minimum atomic E-state index is -1.59. The van der Waals surface area contributed by atoms with Crippen LogP contribution in [0, 0.1) is 17.5 Å². The molecule has 0 heterocycles. The SMILES string of the molecule is CCCCCC(C)N(CCCC)C(=O)c1ccc(F)c(F)c1F. The van der Waals surface area contributed by atoms with Crippen LogP contribution in [0.1, 0.15) is 69.7 Å². The molecule has 1 rings (SSSR count). The van der Waals surface area contributed by atoms with Crippen molar-refractivity contribution in [2.45, 2.75) is 65.3 Å². The largest absolute Gasteiger partial charge is 0.336 e. The van der Waals surface area contributed by atoms with Crippen LogP contribution in [-0.4, -0.2) is 23.4 Å². The number of halogens is 3. The molecular formula is C18H26F3NO. The zero-order valence-electron chi connectivity index (χ0n) is 14.2. The van der Waals surface area contributed by atoms with E-state index in [9.17, 15) is 18.0 Å². The second kappa shape index (κ2) is 9.58. The highest BCUT2D eigenvalue weighted by Gasteiger charge is 2.26. The second-order valence-electron chi connectivity index (χ2n) is 5.92. The van der Waals surface area contributed by atoms with E-state index in [1.807, 2.05) is 13.8 Å². The maximum atomic E-state index is 13.9. The molecule has 0 fully saturated rings. The van der Waals surface area contributed by atoms with E-state index in [1.165, 1.54) is 0 Å². The lowest BCUT2D eigenvalue weighted by Gasteiger charge is -2.29. The smallest absolute Gasteiger partial charge is 0.257 e. The van der Waals surface area contributed by atoms with Crippen molar-refractivity contribution in [3.05, 3.63) is 35.1 Å². The van der Waals surface area contributed by atoms with E-state index in [2.05, 4.69) is 6.92 Å². The number of amides is 1. The van der Waals surface area contributed by atoms with Crippen molar-refractivity contribution in [2.24, 2.45) is 0 Å². The average molecular weight is 329 g/mol. The Labute approximate surface area is 136 Å². The van der Waals surface area contributed by atoms with Crippen LogP contribution in [0.2, 0.25) is 0 Å². The molecule has 23 heavy (non-hydrogen) atoms. The van der Waals surface area contributed by atoms with Crippen LogP contribution in [-0.2, 0) is 0 Å². The highest BCUT2D eigenvalue weighted by atomic mass is 19.2. The Kier molecular flexibility index (Phi) is 8.13. The number of hydrogen-bond acceptors (Lipinski definition) is 1. The number of hydrogen-bond donors (Lipinski definition) is 0. The zero-order valence-corrected chi connectivity index (χ0v) is 14.2. The predicted octanol–water partition coefficient (Wildman–Crippen LogP) is 5.32. The van der Waals surface area contributed by atoms with Gasteiger partial charge in [0.2, 0.25) is 0 Å². The van der Waals surface area contributed by atoms with Gasteiger partial charge in [0.15, 0.2) is 17.5 Å². The van der Waals surface area contributed by atoms with Gasteiger partial charge in [0.05, 0.1) is 5.56 Å². The van der Waals surface area contributed by atoms with Gasteiger partial charge in [0, 0.05) is 12.6 Å². The van der Waals surface area contributed by atoms with Crippen LogP contribution in [0.3, 0.4) is 0 Å². The highest BCUT2D eigenvalue weighted by molar-refractivity contribution is 5.94. The first-order valence-electron chi connectivity index (χ1n) is 8.38. The van der Waals surface area contributed by atoms with Crippen LogP contribution >= 0.6 is 0 Å². The summed E-state index contributed by atoms with van der Waals surface area (Å²) in [5.74, 6) is -4.85. The summed E-state index contributed by atoms with van der Waals surface area (Å²) in [7, 11) is 0. The molecule has 2 nitrogen and oxygen atoms in total. The third kappa shape index (κ3) is 5.26. The summed E-state index contributed by atoms with van der Waals surface area (Å²) in [6.45, 7) is 6.51.